The molecule has 0 aliphatic rings. The molecule has 0 heterocycles. The van der Waals surface area contributed by atoms with Gasteiger partial charge >= 0.3 is 0 Å². The summed E-state index contributed by atoms with van der Waals surface area (Å²) < 4.78 is 13.3. The average Bonchev–Trinajstić information content (AvgIpc) is 2.28. The molecule has 82 valence electrons. The smallest absolute Gasteiger partial charge is 0.124 e. The lowest BCUT2D eigenvalue weighted by Crippen LogP contribution is -1.97. The molecule has 3 heteroatoms. The molecule has 0 saturated heterocycles. The Labute approximate surface area is 98.7 Å². The standard InChI is InChI=1S/C13H11ClFN/c14-13-4-2-1-3-12(13)10-5-9(8-16)6-11(15)7-10/h1-7H,8,16H2. The predicted molar refractivity (Wildman–Crippen MR) is 64.7 cm³/mol. The van der Waals surface area contributed by atoms with Crippen LogP contribution in [0.4, 0.5) is 4.39 Å². The summed E-state index contributed by atoms with van der Waals surface area (Å²) in [7, 11) is 0. The molecule has 0 aliphatic heterocycles. The van der Waals surface area contributed by atoms with Gasteiger partial charge in [-0.3, -0.25) is 0 Å². The molecule has 2 N–H and O–H groups in total. The molecule has 2 aromatic rings. The molecule has 0 amide bonds. The summed E-state index contributed by atoms with van der Waals surface area (Å²) in [4.78, 5) is 0. The molecule has 1 nitrogen and oxygen atoms in total. The van der Waals surface area contributed by atoms with Crippen molar-refractivity contribution >= 4 is 11.6 Å². The van der Waals surface area contributed by atoms with Gasteiger partial charge in [-0.15, -0.1) is 0 Å². The average molecular weight is 236 g/mol. The quantitative estimate of drug-likeness (QED) is 0.846. The molecular weight excluding hydrogens is 225 g/mol. The Kier molecular flexibility index (Phi) is 3.22. The highest BCUT2D eigenvalue weighted by molar-refractivity contribution is 6.33. The molecule has 0 aliphatic carbocycles. The summed E-state index contributed by atoms with van der Waals surface area (Å²) in [6.45, 7) is 0.315. The van der Waals surface area contributed by atoms with Crippen molar-refractivity contribution in [1.82, 2.24) is 0 Å². The fraction of sp³-hybridized carbons (Fsp3) is 0.0769. The van der Waals surface area contributed by atoms with Gasteiger partial charge in [0, 0.05) is 17.1 Å². The molecule has 2 aromatic carbocycles. The summed E-state index contributed by atoms with van der Waals surface area (Å²) in [5.74, 6) is -0.294. The SMILES string of the molecule is NCc1cc(F)cc(-c2ccccc2Cl)c1. The van der Waals surface area contributed by atoms with Gasteiger partial charge in [-0.2, -0.15) is 0 Å². The molecule has 0 bridgehead atoms. The lowest BCUT2D eigenvalue weighted by molar-refractivity contribution is 0.626. The van der Waals surface area contributed by atoms with E-state index in [4.69, 9.17) is 17.3 Å². The van der Waals surface area contributed by atoms with Crippen molar-refractivity contribution in [1.29, 1.82) is 0 Å². The molecule has 2 rings (SSSR count). The Bertz CT molecular complexity index is 511. The molecule has 0 saturated carbocycles. The van der Waals surface area contributed by atoms with Crippen molar-refractivity contribution < 1.29 is 4.39 Å². The first-order chi connectivity index (χ1) is 7.70. The maximum absolute atomic E-state index is 13.3. The Balaban J connectivity index is 2.56. The summed E-state index contributed by atoms with van der Waals surface area (Å²) in [6, 6.07) is 12.1. The van der Waals surface area contributed by atoms with Crippen LogP contribution in [0.25, 0.3) is 11.1 Å². The third-order valence-corrected chi connectivity index (χ3v) is 2.71. The second-order valence-corrected chi connectivity index (χ2v) is 3.94. The van der Waals surface area contributed by atoms with Gasteiger partial charge in [0.2, 0.25) is 0 Å². The number of hydrogen-bond acceptors (Lipinski definition) is 1. The van der Waals surface area contributed by atoms with Crippen LogP contribution >= 0.6 is 11.6 Å². The van der Waals surface area contributed by atoms with Crippen molar-refractivity contribution in [2.75, 3.05) is 0 Å². The van der Waals surface area contributed by atoms with E-state index in [0.29, 0.717) is 11.6 Å². The molecular formula is C13H11ClFN. The van der Waals surface area contributed by atoms with Crippen LogP contribution in [-0.2, 0) is 6.54 Å². The van der Waals surface area contributed by atoms with Gasteiger partial charge in [0.05, 0.1) is 0 Å². The van der Waals surface area contributed by atoms with E-state index < -0.39 is 0 Å². The van der Waals surface area contributed by atoms with Crippen molar-refractivity contribution in [3.8, 4) is 11.1 Å². The normalized spacial score (nSPS) is 10.4. The van der Waals surface area contributed by atoms with E-state index in [1.807, 2.05) is 24.3 Å². The van der Waals surface area contributed by atoms with Crippen LogP contribution in [0.5, 0.6) is 0 Å². The van der Waals surface area contributed by atoms with Gasteiger partial charge in [-0.25, -0.2) is 4.39 Å². The van der Waals surface area contributed by atoms with Gasteiger partial charge in [0.15, 0.2) is 0 Å². The van der Waals surface area contributed by atoms with Gasteiger partial charge in [-0.1, -0.05) is 29.8 Å². The maximum atomic E-state index is 13.3. The highest BCUT2D eigenvalue weighted by atomic mass is 35.5. The predicted octanol–water partition coefficient (Wildman–Crippen LogP) is 3.60. The summed E-state index contributed by atoms with van der Waals surface area (Å²) in [5.41, 5.74) is 7.84. The van der Waals surface area contributed by atoms with Crippen LogP contribution in [-0.4, -0.2) is 0 Å². The van der Waals surface area contributed by atoms with Crippen molar-refractivity contribution in [3.63, 3.8) is 0 Å². The topological polar surface area (TPSA) is 26.0 Å². The zero-order chi connectivity index (χ0) is 11.5. The van der Waals surface area contributed by atoms with E-state index in [9.17, 15) is 4.39 Å². The van der Waals surface area contributed by atoms with Crippen molar-refractivity contribution in [2.45, 2.75) is 6.54 Å². The molecule has 0 unspecified atom stereocenters. The molecule has 0 atom stereocenters. The van der Waals surface area contributed by atoms with Crippen LogP contribution < -0.4 is 5.73 Å². The van der Waals surface area contributed by atoms with Gasteiger partial charge in [-0.05, 0) is 35.4 Å². The third-order valence-electron chi connectivity index (χ3n) is 2.38. The van der Waals surface area contributed by atoms with E-state index >= 15 is 0 Å². The maximum Gasteiger partial charge on any atom is 0.124 e. The number of hydrogen-bond donors (Lipinski definition) is 1. The number of rotatable bonds is 2. The fourth-order valence-electron chi connectivity index (χ4n) is 1.62. The second kappa shape index (κ2) is 4.64. The van der Waals surface area contributed by atoms with E-state index in [1.54, 1.807) is 6.07 Å². The van der Waals surface area contributed by atoms with Crippen molar-refractivity contribution in [3.05, 3.63) is 58.9 Å². The lowest BCUT2D eigenvalue weighted by atomic mass is 10.0. The van der Waals surface area contributed by atoms with Crippen LogP contribution in [0.3, 0.4) is 0 Å². The first-order valence-electron chi connectivity index (χ1n) is 4.95. The first-order valence-corrected chi connectivity index (χ1v) is 5.33. The number of benzene rings is 2. The van der Waals surface area contributed by atoms with E-state index in [1.165, 1.54) is 12.1 Å². The Hall–Kier alpha value is -1.38. The minimum absolute atomic E-state index is 0.294. The summed E-state index contributed by atoms with van der Waals surface area (Å²) in [6.07, 6.45) is 0. The van der Waals surface area contributed by atoms with Crippen LogP contribution in [0.1, 0.15) is 5.56 Å². The Morgan fingerprint density at radius 1 is 1.12 bits per heavy atom. The Morgan fingerprint density at radius 2 is 1.88 bits per heavy atom. The molecule has 0 radical (unpaired) electrons. The zero-order valence-corrected chi connectivity index (χ0v) is 9.34. The zero-order valence-electron chi connectivity index (χ0n) is 8.58. The number of nitrogens with two attached hydrogens (primary N) is 1. The highest BCUT2D eigenvalue weighted by Crippen LogP contribution is 2.28. The molecule has 0 fully saturated rings. The summed E-state index contributed by atoms with van der Waals surface area (Å²) >= 11 is 6.05. The third kappa shape index (κ3) is 2.23. The lowest BCUT2D eigenvalue weighted by Gasteiger charge is -2.06. The summed E-state index contributed by atoms with van der Waals surface area (Å²) in [5, 5.41) is 0.607. The van der Waals surface area contributed by atoms with Crippen LogP contribution in [0, 0.1) is 5.82 Å². The first kappa shape index (κ1) is 11.1. The van der Waals surface area contributed by atoms with Gasteiger partial charge in [0.25, 0.3) is 0 Å². The van der Waals surface area contributed by atoms with Crippen LogP contribution in [0.15, 0.2) is 42.5 Å². The Morgan fingerprint density at radius 3 is 2.56 bits per heavy atom. The monoisotopic (exact) mass is 235 g/mol. The fourth-order valence-corrected chi connectivity index (χ4v) is 1.86. The van der Waals surface area contributed by atoms with Gasteiger partial charge < -0.3 is 5.73 Å². The molecule has 0 aromatic heterocycles. The number of halogens is 2. The molecule has 0 spiro atoms. The largest absolute Gasteiger partial charge is 0.326 e. The second-order valence-electron chi connectivity index (χ2n) is 3.53. The highest BCUT2D eigenvalue weighted by Gasteiger charge is 2.05. The van der Waals surface area contributed by atoms with Crippen molar-refractivity contribution in [2.24, 2.45) is 5.73 Å². The molecule has 16 heavy (non-hydrogen) atoms. The van der Waals surface area contributed by atoms with E-state index in [0.717, 1.165) is 16.7 Å². The van der Waals surface area contributed by atoms with Gasteiger partial charge in [0.1, 0.15) is 5.82 Å². The minimum atomic E-state index is -0.294. The van der Waals surface area contributed by atoms with Crippen LogP contribution in [0.2, 0.25) is 5.02 Å². The van der Waals surface area contributed by atoms with E-state index in [2.05, 4.69) is 0 Å². The minimum Gasteiger partial charge on any atom is -0.326 e. The van der Waals surface area contributed by atoms with E-state index in [-0.39, 0.29) is 5.82 Å².